The molecular formula is C13H16N4O3. The fourth-order valence-electron chi connectivity index (χ4n) is 2.06. The van der Waals surface area contributed by atoms with E-state index in [2.05, 4.69) is 4.98 Å². The van der Waals surface area contributed by atoms with Gasteiger partial charge in [0, 0.05) is 20.6 Å². The fourth-order valence-corrected chi connectivity index (χ4v) is 2.06. The number of benzene rings is 1. The Kier molecular flexibility index (Phi) is 3.88. The molecule has 0 bridgehead atoms. The number of hydrogen-bond donors (Lipinski definition) is 0. The lowest BCUT2D eigenvalue weighted by molar-refractivity contribution is -0.388. The lowest BCUT2D eigenvalue weighted by atomic mass is 10.2. The van der Waals surface area contributed by atoms with Gasteiger partial charge in [0.05, 0.1) is 7.11 Å². The lowest BCUT2D eigenvalue weighted by Gasteiger charge is -2.18. The molecule has 1 aromatic carbocycles. The predicted molar refractivity (Wildman–Crippen MR) is 75.0 cm³/mol. The summed E-state index contributed by atoms with van der Waals surface area (Å²) in [4.78, 5) is 16.1. The van der Waals surface area contributed by atoms with E-state index in [4.69, 9.17) is 4.74 Å². The molecule has 0 saturated carbocycles. The molecule has 0 atom stereocenters. The van der Waals surface area contributed by atoms with Crippen LogP contribution in [0, 0.1) is 10.1 Å². The molecule has 0 fully saturated rings. The largest absolute Gasteiger partial charge is 0.497 e. The van der Waals surface area contributed by atoms with Crippen LogP contribution in [0.4, 0.5) is 11.6 Å². The first-order chi connectivity index (χ1) is 9.52. The molecule has 0 radical (unpaired) electrons. The summed E-state index contributed by atoms with van der Waals surface area (Å²) in [5, 5.41) is 11.0. The highest BCUT2D eigenvalue weighted by Gasteiger charge is 2.23. The smallest absolute Gasteiger partial charge is 0.406 e. The molecule has 0 spiro atoms. The lowest BCUT2D eigenvalue weighted by Crippen LogP contribution is -2.20. The molecule has 0 aliphatic carbocycles. The highest BCUT2D eigenvalue weighted by atomic mass is 16.6. The summed E-state index contributed by atoms with van der Waals surface area (Å²) >= 11 is 0. The molecule has 106 valence electrons. The van der Waals surface area contributed by atoms with Gasteiger partial charge in [-0.3, -0.25) is 4.57 Å². The second-order valence-corrected chi connectivity index (χ2v) is 4.46. The van der Waals surface area contributed by atoms with Crippen molar-refractivity contribution in [2.75, 3.05) is 19.1 Å². The second-order valence-electron chi connectivity index (χ2n) is 4.46. The summed E-state index contributed by atoms with van der Waals surface area (Å²) in [6.45, 7) is 0.546. The van der Waals surface area contributed by atoms with Crippen molar-refractivity contribution < 1.29 is 9.66 Å². The zero-order chi connectivity index (χ0) is 14.7. The highest BCUT2D eigenvalue weighted by Crippen LogP contribution is 2.26. The second kappa shape index (κ2) is 5.60. The normalized spacial score (nSPS) is 10.3. The Balaban J connectivity index is 2.21. The molecule has 0 saturated heterocycles. The summed E-state index contributed by atoms with van der Waals surface area (Å²) in [7, 11) is 5.15. The molecule has 7 heteroatoms. The van der Waals surface area contributed by atoms with Crippen molar-refractivity contribution in [2.45, 2.75) is 6.54 Å². The first-order valence-corrected chi connectivity index (χ1v) is 6.02. The minimum Gasteiger partial charge on any atom is -0.497 e. The van der Waals surface area contributed by atoms with E-state index in [0.717, 1.165) is 11.3 Å². The Bertz CT molecular complexity index is 607. The van der Waals surface area contributed by atoms with Crippen LogP contribution in [0.5, 0.6) is 5.75 Å². The number of ether oxygens (including phenoxy) is 1. The number of nitro groups is 1. The maximum Gasteiger partial charge on any atom is 0.406 e. The van der Waals surface area contributed by atoms with Gasteiger partial charge in [-0.25, -0.2) is 0 Å². The van der Waals surface area contributed by atoms with E-state index >= 15 is 0 Å². The molecule has 1 aromatic heterocycles. The van der Waals surface area contributed by atoms with Gasteiger partial charge >= 0.3 is 5.82 Å². The van der Waals surface area contributed by atoms with E-state index in [-0.39, 0.29) is 5.82 Å². The van der Waals surface area contributed by atoms with Gasteiger partial charge in [-0.05, 0) is 27.6 Å². The molecule has 1 heterocycles. The molecule has 0 unspecified atom stereocenters. The Morgan fingerprint density at radius 3 is 2.60 bits per heavy atom. The maximum absolute atomic E-state index is 11.0. The van der Waals surface area contributed by atoms with Gasteiger partial charge in [-0.1, -0.05) is 12.1 Å². The van der Waals surface area contributed by atoms with E-state index in [1.165, 1.54) is 6.33 Å². The van der Waals surface area contributed by atoms with Crippen molar-refractivity contribution >= 4 is 11.6 Å². The van der Waals surface area contributed by atoms with E-state index in [0.29, 0.717) is 12.4 Å². The average Bonchev–Trinajstić information content (AvgIpc) is 2.81. The zero-order valence-electron chi connectivity index (χ0n) is 11.6. The molecule has 0 N–H and O–H groups in total. The SMILES string of the molecule is COc1ccc(CN(C)c2c([N+](=O)[O-])ncn2C)cc1. The quantitative estimate of drug-likeness (QED) is 0.616. The number of hydrogen-bond acceptors (Lipinski definition) is 5. The highest BCUT2D eigenvalue weighted by molar-refractivity contribution is 5.54. The van der Waals surface area contributed by atoms with Crippen molar-refractivity contribution in [2.24, 2.45) is 7.05 Å². The number of anilines is 1. The molecule has 2 aromatic rings. The van der Waals surface area contributed by atoms with Crippen LogP contribution in [-0.2, 0) is 13.6 Å². The Hall–Kier alpha value is -2.57. The minimum atomic E-state index is -0.472. The van der Waals surface area contributed by atoms with Gasteiger partial charge in [0.15, 0.2) is 0 Å². The molecule has 7 nitrogen and oxygen atoms in total. The third-order valence-electron chi connectivity index (χ3n) is 3.00. The Morgan fingerprint density at radius 2 is 2.05 bits per heavy atom. The van der Waals surface area contributed by atoms with Gasteiger partial charge in [-0.15, -0.1) is 0 Å². The van der Waals surface area contributed by atoms with Crippen LogP contribution in [0.2, 0.25) is 0 Å². The van der Waals surface area contributed by atoms with Crippen molar-refractivity contribution in [3.05, 3.63) is 46.3 Å². The minimum absolute atomic E-state index is 0.136. The van der Waals surface area contributed by atoms with E-state index < -0.39 is 4.92 Å². The van der Waals surface area contributed by atoms with Gasteiger partial charge in [-0.2, -0.15) is 0 Å². The number of methoxy groups -OCH3 is 1. The molecule has 2 rings (SSSR count). The number of aromatic nitrogens is 2. The number of aryl methyl sites for hydroxylation is 1. The monoisotopic (exact) mass is 276 g/mol. The van der Waals surface area contributed by atoms with Crippen LogP contribution >= 0.6 is 0 Å². The standard InChI is InChI=1S/C13H16N4O3/c1-15(8-10-4-6-11(20-3)7-5-10)13-12(17(18)19)14-9-16(13)2/h4-7,9H,8H2,1-3H3. The van der Waals surface area contributed by atoms with Gasteiger partial charge < -0.3 is 19.8 Å². The van der Waals surface area contributed by atoms with Gasteiger partial charge in [0.2, 0.25) is 12.1 Å². The number of imidazole rings is 1. The Morgan fingerprint density at radius 1 is 1.40 bits per heavy atom. The molecule has 0 amide bonds. The van der Waals surface area contributed by atoms with Crippen molar-refractivity contribution in [1.82, 2.24) is 9.55 Å². The van der Waals surface area contributed by atoms with Crippen LogP contribution in [0.3, 0.4) is 0 Å². The molecule has 0 aliphatic heterocycles. The molecular weight excluding hydrogens is 260 g/mol. The van der Waals surface area contributed by atoms with E-state index in [1.54, 1.807) is 30.7 Å². The summed E-state index contributed by atoms with van der Waals surface area (Å²) in [5.41, 5.74) is 1.03. The van der Waals surface area contributed by atoms with E-state index in [9.17, 15) is 10.1 Å². The van der Waals surface area contributed by atoms with Crippen LogP contribution in [0.1, 0.15) is 5.56 Å². The van der Waals surface area contributed by atoms with Crippen LogP contribution < -0.4 is 9.64 Å². The summed E-state index contributed by atoms with van der Waals surface area (Å²) in [6.07, 6.45) is 1.44. The van der Waals surface area contributed by atoms with Crippen molar-refractivity contribution in [3.63, 3.8) is 0 Å². The van der Waals surface area contributed by atoms with Crippen molar-refractivity contribution in [1.29, 1.82) is 0 Å². The third-order valence-corrected chi connectivity index (χ3v) is 3.00. The maximum atomic E-state index is 11.0. The summed E-state index contributed by atoms with van der Waals surface area (Å²) < 4.78 is 6.74. The topological polar surface area (TPSA) is 73.4 Å². The molecule has 20 heavy (non-hydrogen) atoms. The van der Waals surface area contributed by atoms with Gasteiger partial charge in [0.25, 0.3) is 0 Å². The summed E-state index contributed by atoms with van der Waals surface area (Å²) in [6, 6.07) is 7.58. The number of rotatable bonds is 5. The first kappa shape index (κ1) is 13.9. The average molecular weight is 276 g/mol. The van der Waals surface area contributed by atoms with Crippen LogP contribution in [0.25, 0.3) is 0 Å². The fraction of sp³-hybridized carbons (Fsp3) is 0.308. The Labute approximate surface area is 116 Å². The third kappa shape index (κ3) is 2.71. The number of nitrogens with zero attached hydrogens (tertiary/aromatic N) is 4. The summed E-state index contributed by atoms with van der Waals surface area (Å²) in [5.74, 6) is 1.12. The van der Waals surface area contributed by atoms with Crippen LogP contribution in [0.15, 0.2) is 30.6 Å². The zero-order valence-corrected chi connectivity index (χ0v) is 11.6. The van der Waals surface area contributed by atoms with E-state index in [1.807, 2.05) is 24.3 Å². The van der Waals surface area contributed by atoms with Gasteiger partial charge in [0.1, 0.15) is 5.75 Å². The first-order valence-electron chi connectivity index (χ1n) is 6.02. The van der Waals surface area contributed by atoms with Crippen molar-refractivity contribution in [3.8, 4) is 5.75 Å². The van der Waals surface area contributed by atoms with Crippen LogP contribution in [-0.4, -0.2) is 28.6 Å². The molecule has 0 aliphatic rings. The predicted octanol–water partition coefficient (Wildman–Crippen LogP) is 1.97.